The van der Waals surface area contributed by atoms with E-state index in [1.807, 2.05) is 0 Å². The monoisotopic (exact) mass is 756 g/mol. The summed E-state index contributed by atoms with van der Waals surface area (Å²) in [7, 11) is -3.92. The molecule has 0 atom stereocenters. The Morgan fingerprint density at radius 2 is 0.375 bits per heavy atom. The van der Waals surface area contributed by atoms with Gasteiger partial charge in [0.25, 0.3) is 0 Å². The van der Waals surface area contributed by atoms with Gasteiger partial charge in [0.05, 0.1) is 0 Å². The summed E-state index contributed by atoms with van der Waals surface area (Å²) in [5.74, 6) is 0. The van der Waals surface area contributed by atoms with E-state index in [4.69, 9.17) is 0 Å². The molecule has 0 unspecified atom stereocenters. The molecule has 0 bridgehead atoms. The van der Waals surface area contributed by atoms with Crippen LogP contribution in [0.3, 0.4) is 0 Å². The van der Waals surface area contributed by atoms with Gasteiger partial charge in [-0.15, -0.1) is 0 Å². The van der Waals surface area contributed by atoms with Crippen LogP contribution in [0.15, 0.2) is 97.1 Å². The molecule has 0 aliphatic carbocycles. The average Bonchev–Trinajstić information content (AvgIpc) is 3.57. The van der Waals surface area contributed by atoms with Gasteiger partial charge in [-0.3, -0.25) is 0 Å². The van der Waals surface area contributed by atoms with Gasteiger partial charge in [-0.05, 0) is 0 Å². The second-order valence-corrected chi connectivity index (χ2v) is 34.0. The fraction of sp³-hybridized carbons (Fsp3) is 0.353. The third-order valence-electron chi connectivity index (χ3n) is 6.11. The summed E-state index contributed by atoms with van der Waals surface area (Å²) in [6, 6.07) is 34.8. The minimum absolute atomic E-state index is 0. The molecular formula is C34H58Si4Y2-6. The number of hydrogen-bond donors (Lipinski definition) is 0. The van der Waals surface area contributed by atoms with Crippen LogP contribution >= 0.6 is 0 Å². The molecule has 4 rings (SSSR count). The molecule has 2 radical (unpaired) electrons. The molecule has 0 aliphatic heterocycles. The van der Waals surface area contributed by atoms with Crippen molar-refractivity contribution < 1.29 is 65.4 Å². The Balaban J connectivity index is -0.000000209. The Morgan fingerprint density at radius 3 is 0.425 bits per heavy atom. The first kappa shape index (κ1) is 47.4. The maximum Gasteiger partial charge on any atom is 0.0147 e. The van der Waals surface area contributed by atoms with Crippen LogP contribution in [-0.4, -0.2) is 32.3 Å². The summed E-state index contributed by atoms with van der Waals surface area (Å²) >= 11 is 0. The zero-order chi connectivity index (χ0) is 27.6. The quantitative estimate of drug-likeness (QED) is 0.145. The molecule has 0 saturated carbocycles. The summed E-state index contributed by atoms with van der Waals surface area (Å²) in [6.45, 7) is 28.4. The zero-order valence-electron chi connectivity index (χ0n) is 28.4. The van der Waals surface area contributed by atoms with Gasteiger partial charge in [-0.25, -0.2) is 48.5 Å². The molecule has 0 aromatic heterocycles. The fourth-order valence-electron chi connectivity index (χ4n) is 3.50. The Hall–Kier alpha value is 0.475. The van der Waals surface area contributed by atoms with Crippen molar-refractivity contribution in [1.29, 1.82) is 0 Å². The minimum Gasteiger partial charge on any atom is -0.358 e. The van der Waals surface area contributed by atoms with Gasteiger partial charge in [0.15, 0.2) is 0 Å². The molecule has 0 amide bonds. The molecule has 0 aliphatic rings. The van der Waals surface area contributed by atoms with E-state index in [0.717, 1.165) is 0 Å². The van der Waals surface area contributed by atoms with E-state index in [0.29, 0.717) is 0 Å². The van der Waals surface area contributed by atoms with E-state index in [-0.39, 0.29) is 80.3 Å². The van der Waals surface area contributed by atoms with Crippen LogP contribution < -0.4 is 20.7 Å². The van der Waals surface area contributed by atoms with Crippen LogP contribution in [0.4, 0.5) is 0 Å². The second kappa shape index (κ2) is 21.2. The Labute approximate surface area is 305 Å². The molecule has 4 aromatic rings. The average molecular weight is 757 g/mol. The molecule has 222 valence electrons. The molecule has 0 saturated heterocycles. The molecule has 0 N–H and O–H groups in total. The van der Waals surface area contributed by atoms with Crippen LogP contribution in [0.1, 0.15) is 0 Å². The van der Waals surface area contributed by atoms with E-state index in [9.17, 15) is 0 Å². The number of rotatable bonds is 4. The summed E-state index contributed by atoms with van der Waals surface area (Å²) in [5.41, 5.74) is 0. The standard InChI is InChI=1S/4C8H13Si.2CH3.2Y/c4*1-9(2,3)8-6-4-5-7-8;;;;/h4*4-7H,1-3H3;2*1H3;;/q6*-1;;. The van der Waals surface area contributed by atoms with Gasteiger partial charge in [-0.2, -0.15) is 69.3 Å². The molecular weight excluding hydrogens is 699 g/mol. The fourth-order valence-corrected chi connectivity index (χ4v) is 8.27. The van der Waals surface area contributed by atoms with Crippen LogP contribution in [0.25, 0.3) is 0 Å². The van der Waals surface area contributed by atoms with E-state index in [2.05, 4.69) is 176 Å². The summed E-state index contributed by atoms with van der Waals surface area (Å²) < 4.78 is 0. The van der Waals surface area contributed by atoms with Gasteiger partial charge >= 0.3 is 0 Å². The summed E-state index contributed by atoms with van der Waals surface area (Å²) in [6.07, 6.45) is 0. The van der Waals surface area contributed by atoms with Crippen molar-refractivity contribution in [2.24, 2.45) is 0 Å². The van der Waals surface area contributed by atoms with Gasteiger partial charge in [0.2, 0.25) is 0 Å². The maximum atomic E-state index is 2.36. The minimum atomic E-state index is -0.981. The van der Waals surface area contributed by atoms with Crippen molar-refractivity contribution >= 4 is 53.0 Å². The van der Waals surface area contributed by atoms with E-state index < -0.39 is 32.3 Å². The third-order valence-corrected chi connectivity index (χ3v) is 14.4. The van der Waals surface area contributed by atoms with Crippen molar-refractivity contribution in [3.8, 4) is 0 Å². The summed E-state index contributed by atoms with van der Waals surface area (Å²) in [4.78, 5) is 0. The summed E-state index contributed by atoms with van der Waals surface area (Å²) in [5, 5.41) is 6.23. The van der Waals surface area contributed by atoms with Crippen molar-refractivity contribution in [3.63, 3.8) is 0 Å². The van der Waals surface area contributed by atoms with Crippen LogP contribution in [-0.2, 0) is 65.4 Å². The van der Waals surface area contributed by atoms with Crippen LogP contribution in [0.5, 0.6) is 0 Å². The van der Waals surface area contributed by atoms with Crippen molar-refractivity contribution in [2.75, 3.05) is 0 Å². The topological polar surface area (TPSA) is 0 Å². The second-order valence-electron chi connectivity index (χ2n) is 13.7. The predicted octanol–water partition coefficient (Wildman–Crippen LogP) is 8.70. The zero-order valence-corrected chi connectivity index (χ0v) is 38.1. The molecule has 0 heterocycles. The number of hydrogen-bond acceptors (Lipinski definition) is 0. The van der Waals surface area contributed by atoms with Gasteiger partial charge in [-0.1, -0.05) is 78.6 Å². The van der Waals surface area contributed by atoms with Crippen molar-refractivity contribution in [1.82, 2.24) is 0 Å². The van der Waals surface area contributed by atoms with Gasteiger partial charge < -0.3 is 14.9 Å². The van der Waals surface area contributed by atoms with E-state index in [1.165, 1.54) is 0 Å². The molecule has 40 heavy (non-hydrogen) atoms. The molecule has 0 spiro atoms. The Bertz CT molecular complexity index is 857. The van der Waals surface area contributed by atoms with Gasteiger partial charge in [0, 0.05) is 97.7 Å². The SMILES string of the molecule is C[Si](C)(C)[c-]1cccc1.C[Si](C)(C)[c-]1cccc1.C[Si](C)(C)[c-]1cccc1.C[Si](C)(C)[c-]1cccc1.[CH3-].[CH3-].[Y].[Y]. The van der Waals surface area contributed by atoms with Crippen LogP contribution in [0.2, 0.25) is 78.6 Å². The maximum absolute atomic E-state index is 2.36. The smallest absolute Gasteiger partial charge is 0.0147 e. The molecule has 4 aromatic carbocycles. The molecule has 0 nitrogen and oxygen atoms in total. The largest absolute Gasteiger partial charge is 0.358 e. The van der Waals surface area contributed by atoms with E-state index in [1.54, 1.807) is 20.7 Å². The normalized spacial score (nSPS) is 10.7. The van der Waals surface area contributed by atoms with Crippen molar-refractivity contribution in [3.05, 3.63) is 112 Å². The predicted molar refractivity (Wildman–Crippen MR) is 193 cm³/mol. The van der Waals surface area contributed by atoms with Gasteiger partial charge in [0.1, 0.15) is 0 Å². The molecule has 6 heteroatoms. The first-order chi connectivity index (χ1) is 16.4. The van der Waals surface area contributed by atoms with Crippen molar-refractivity contribution in [2.45, 2.75) is 78.6 Å². The Kier molecular flexibility index (Phi) is 25.2. The van der Waals surface area contributed by atoms with Crippen LogP contribution in [0, 0.1) is 14.9 Å². The molecule has 0 fully saturated rings. The Morgan fingerprint density at radius 1 is 0.275 bits per heavy atom. The first-order valence-corrected chi connectivity index (χ1v) is 27.3. The van der Waals surface area contributed by atoms with E-state index >= 15 is 0 Å². The third kappa shape index (κ3) is 19.6. The first-order valence-electron chi connectivity index (χ1n) is 13.3.